The molecule has 1 heteroatoms. The minimum atomic E-state index is 0.354. The molecule has 0 spiro atoms. The number of rotatable bonds is 3. The molecule has 0 saturated heterocycles. The van der Waals surface area contributed by atoms with Gasteiger partial charge in [-0.15, -0.1) is 11.6 Å². The number of hydrogen-bond acceptors (Lipinski definition) is 0. The molecule has 1 rings (SSSR count). The van der Waals surface area contributed by atoms with Crippen LogP contribution in [0.2, 0.25) is 0 Å². The first-order valence-electron chi connectivity index (χ1n) is 5.34. The maximum atomic E-state index is 6.05. The van der Waals surface area contributed by atoms with Crippen molar-refractivity contribution < 1.29 is 0 Å². The summed E-state index contributed by atoms with van der Waals surface area (Å²) in [4.78, 5) is 0. The molecule has 72 valence electrons. The molecule has 1 aliphatic rings. The maximum Gasteiger partial charge on any atom is 0.0333 e. The quantitative estimate of drug-likeness (QED) is 0.582. The Morgan fingerprint density at radius 1 is 1.17 bits per heavy atom. The summed E-state index contributed by atoms with van der Waals surface area (Å²) in [6.45, 7) is 4.40. The molecule has 0 aliphatic heterocycles. The predicted molar refractivity (Wildman–Crippen MR) is 55.7 cm³/mol. The highest BCUT2D eigenvalue weighted by Crippen LogP contribution is 2.30. The molecule has 2 unspecified atom stereocenters. The molecule has 0 radical (unpaired) electrons. The number of halogens is 1. The Bertz CT molecular complexity index is 114. The molecule has 12 heavy (non-hydrogen) atoms. The van der Waals surface area contributed by atoms with Gasteiger partial charge in [-0.2, -0.15) is 0 Å². The summed E-state index contributed by atoms with van der Waals surface area (Å²) in [6, 6.07) is 0. The molecular formula is C11H21Cl. The molecule has 1 saturated carbocycles. The van der Waals surface area contributed by atoms with Crippen LogP contribution in [0.1, 0.15) is 52.4 Å². The van der Waals surface area contributed by atoms with Gasteiger partial charge in [0, 0.05) is 5.38 Å². The van der Waals surface area contributed by atoms with Crippen LogP contribution in [0.25, 0.3) is 0 Å². The Kier molecular flexibility index (Phi) is 4.42. The molecule has 0 aromatic heterocycles. The average Bonchev–Trinajstić information content (AvgIpc) is 2.06. The van der Waals surface area contributed by atoms with Crippen LogP contribution >= 0.6 is 11.6 Å². The van der Waals surface area contributed by atoms with E-state index in [0.717, 1.165) is 5.92 Å². The SMILES string of the molecule is CC(Cl)C(C)CC1CCCCC1. The van der Waals surface area contributed by atoms with Gasteiger partial charge in [-0.1, -0.05) is 39.0 Å². The van der Waals surface area contributed by atoms with E-state index in [1.165, 1.54) is 38.5 Å². The van der Waals surface area contributed by atoms with Crippen LogP contribution in [0.3, 0.4) is 0 Å². The van der Waals surface area contributed by atoms with Gasteiger partial charge in [0.05, 0.1) is 0 Å². The van der Waals surface area contributed by atoms with Gasteiger partial charge < -0.3 is 0 Å². The maximum absolute atomic E-state index is 6.05. The Morgan fingerprint density at radius 2 is 1.75 bits per heavy atom. The van der Waals surface area contributed by atoms with Crippen LogP contribution in [0.4, 0.5) is 0 Å². The fraction of sp³-hybridized carbons (Fsp3) is 1.00. The average molecular weight is 189 g/mol. The van der Waals surface area contributed by atoms with Crippen LogP contribution in [0.15, 0.2) is 0 Å². The molecule has 2 atom stereocenters. The molecule has 0 heterocycles. The van der Waals surface area contributed by atoms with Crippen LogP contribution < -0.4 is 0 Å². The molecule has 0 bridgehead atoms. The third-order valence-electron chi connectivity index (χ3n) is 3.21. The molecule has 0 aromatic carbocycles. The zero-order valence-corrected chi connectivity index (χ0v) is 9.11. The summed E-state index contributed by atoms with van der Waals surface area (Å²) in [5.74, 6) is 1.68. The van der Waals surface area contributed by atoms with Gasteiger partial charge in [0.25, 0.3) is 0 Å². The topological polar surface area (TPSA) is 0 Å². The normalized spacial score (nSPS) is 25.2. The lowest BCUT2D eigenvalue weighted by Crippen LogP contribution is -2.15. The van der Waals surface area contributed by atoms with Gasteiger partial charge in [0.15, 0.2) is 0 Å². The smallest absolute Gasteiger partial charge is 0.0333 e. The standard InChI is InChI=1S/C11H21Cl/c1-9(10(2)12)8-11-6-4-3-5-7-11/h9-11H,3-8H2,1-2H3. The minimum Gasteiger partial charge on any atom is -0.123 e. The van der Waals surface area contributed by atoms with Crippen molar-refractivity contribution in [2.75, 3.05) is 0 Å². The Balaban J connectivity index is 2.20. The molecule has 0 nitrogen and oxygen atoms in total. The van der Waals surface area contributed by atoms with E-state index < -0.39 is 0 Å². The van der Waals surface area contributed by atoms with Crippen molar-refractivity contribution >= 4 is 11.6 Å². The largest absolute Gasteiger partial charge is 0.123 e. The summed E-state index contributed by atoms with van der Waals surface area (Å²) >= 11 is 6.05. The zero-order chi connectivity index (χ0) is 8.97. The molecular weight excluding hydrogens is 168 g/mol. The Hall–Kier alpha value is 0.290. The summed E-state index contributed by atoms with van der Waals surface area (Å²) in [5.41, 5.74) is 0. The summed E-state index contributed by atoms with van der Waals surface area (Å²) < 4.78 is 0. The second-order valence-electron chi connectivity index (χ2n) is 4.39. The Morgan fingerprint density at radius 3 is 2.25 bits per heavy atom. The van der Waals surface area contributed by atoms with Crippen molar-refractivity contribution in [3.05, 3.63) is 0 Å². The lowest BCUT2D eigenvalue weighted by atomic mass is 9.82. The first-order chi connectivity index (χ1) is 5.70. The van der Waals surface area contributed by atoms with Crippen LogP contribution in [-0.2, 0) is 0 Å². The molecule has 0 amide bonds. The van der Waals surface area contributed by atoms with Gasteiger partial charge in [0.1, 0.15) is 0 Å². The predicted octanol–water partition coefficient (Wildman–Crippen LogP) is 4.22. The van der Waals surface area contributed by atoms with Gasteiger partial charge in [-0.3, -0.25) is 0 Å². The van der Waals surface area contributed by atoms with Gasteiger partial charge in [-0.05, 0) is 25.2 Å². The number of hydrogen-bond donors (Lipinski definition) is 0. The fourth-order valence-corrected chi connectivity index (χ4v) is 2.24. The first kappa shape index (κ1) is 10.4. The summed E-state index contributed by atoms with van der Waals surface area (Å²) in [5, 5.41) is 0.354. The van der Waals surface area contributed by atoms with Crippen molar-refractivity contribution in [3.63, 3.8) is 0 Å². The zero-order valence-electron chi connectivity index (χ0n) is 8.35. The third-order valence-corrected chi connectivity index (χ3v) is 3.64. The van der Waals surface area contributed by atoms with E-state index in [1.54, 1.807) is 0 Å². The van der Waals surface area contributed by atoms with Crippen molar-refractivity contribution in [1.82, 2.24) is 0 Å². The molecule has 1 aliphatic carbocycles. The van der Waals surface area contributed by atoms with Crippen LogP contribution in [-0.4, -0.2) is 5.38 Å². The van der Waals surface area contributed by atoms with E-state index in [1.807, 2.05) is 0 Å². The van der Waals surface area contributed by atoms with Crippen molar-refractivity contribution in [3.8, 4) is 0 Å². The van der Waals surface area contributed by atoms with Crippen molar-refractivity contribution in [1.29, 1.82) is 0 Å². The first-order valence-corrected chi connectivity index (χ1v) is 5.78. The van der Waals surface area contributed by atoms with Crippen LogP contribution in [0.5, 0.6) is 0 Å². The lowest BCUT2D eigenvalue weighted by molar-refractivity contribution is 0.295. The van der Waals surface area contributed by atoms with Gasteiger partial charge >= 0.3 is 0 Å². The van der Waals surface area contributed by atoms with Crippen LogP contribution in [0, 0.1) is 11.8 Å². The second-order valence-corrected chi connectivity index (χ2v) is 5.08. The highest BCUT2D eigenvalue weighted by molar-refractivity contribution is 6.20. The molecule has 0 N–H and O–H groups in total. The van der Waals surface area contributed by atoms with E-state index in [9.17, 15) is 0 Å². The summed E-state index contributed by atoms with van der Waals surface area (Å²) in [6.07, 6.45) is 8.62. The Labute approximate surface area is 81.7 Å². The van der Waals surface area contributed by atoms with Gasteiger partial charge in [-0.25, -0.2) is 0 Å². The van der Waals surface area contributed by atoms with E-state index >= 15 is 0 Å². The monoisotopic (exact) mass is 188 g/mol. The molecule has 0 aromatic rings. The second kappa shape index (κ2) is 5.11. The highest BCUT2D eigenvalue weighted by Gasteiger charge is 2.18. The minimum absolute atomic E-state index is 0.354. The fourth-order valence-electron chi connectivity index (χ4n) is 2.14. The van der Waals surface area contributed by atoms with E-state index in [4.69, 9.17) is 11.6 Å². The lowest BCUT2D eigenvalue weighted by Gasteiger charge is -2.25. The summed E-state index contributed by atoms with van der Waals surface area (Å²) in [7, 11) is 0. The van der Waals surface area contributed by atoms with E-state index in [2.05, 4.69) is 13.8 Å². The number of alkyl halides is 1. The highest BCUT2D eigenvalue weighted by atomic mass is 35.5. The van der Waals surface area contributed by atoms with Gasteiger partial charge in [0.2, 0.25) is 0 Å². The molecule has 1 fully saturated rings. The van der Waals surface area contributed by atoms with Crippen molar-refractivity contribution in [2.24, 2.45) is 11.8 Å². The third kappa shape index (κ3) is 3.35. The van der Waals surface area contributed by atoms with Crippen molar-refractivity contribution in [2.45, 2.75) is 57.7 Å². The van der Waals surface area contributed by atoms with E-state index in [0.29, 0.717) is 11.3 Å². The van der Waals surface area contributed by atoms with E-state index in [-0.39, 0.29) is 0 Å².